The highest BCUT2D eigenvalue weighted by Crippen LogP contribution is 2.43. The van der Waals surface area contributed by atoms with Crippen molar-refractivity contribution in [2.24, 2.45) is 0 Å². The van der Waals surface area contributed by atoms with Gasteiger partial charge in [-0.1, -0.05) is 311 Å². The number of rotatable bonds is 61. The number of quaternary nitrogens is 1. The highest BCUT2D eigenvalue weighted by Gasteiger charge is 2.28. The fourth-order valence-corrected chi connectivity index (χ4v) is 10.5. The Kier molecular flexibility index (Phi) is 58.0. The van der Waals surface area contributed by atoms with Crippen molar-refractivity contribution < 1.29 is 32.9 Å². The van der Waals surface area contributed by atoms with Crippen LogP contribution in [0, 0.1) is 0 Å². The van der Waals surface area contributed by atoms with Crippen LogP contribution in [0.4, 0.5) is 0 Å². The zero-order chi connectivity index (χ0) is 57.0. The minimum Gasteiger partial charge on any atom is -0.387 e. The van der Waals surface area contributed by atoms with Crippen molar-refractivity contribution in [3.05, 3.63) is 72.9 Å². The number of carbonyl (C=O) groups excluding carboxylic acids is 1. The molecule has 0 rings (SSSR count). The molecule has 3 unspecified atom stereocenters. The molecule has 3 atom stereocenters. The van der Waals surface area contributed by atoms with Gasteiger partial charge in [-0.15, -0.1) is 0 Å². The van der Waals surface area contributed by atoms with E-state index in [4.69, 9.17) is 9.05 Å². The molecule has 9 heteroatoms. The van der Waals surface area contributed by atoms with E-state index < -0.39 is 20.0 Å². The lowest BCUT2D eigenvalue weighted by Gasteiger charge is -2.25. The van der Waals surface area contributed by atoms with Gasteiger partial charge in [-0.25, -0.2) is 4.57 Å². The van der Waals surface area contributed by atoms with Gasteiger partial charge in [0.05, 0.1) is 39.9 Å². The van der Waals surface area contributed by atoms with E-state index in [1.807, 2.05) is 27.2 Å². The Balaban J connectivity index is 4.12. The molecule has 0 aliphatic rings. The number of hydrogen-bond acceptors (Lipinski definition) is 5. The van der Waals surface area contributed by atoms with E-state index in [9.17, 15) is 19.4 Å². The van der Waals surface area contributed by atoms with Crippen LogP contribution < -0.4 is 5.32 Å². The van der Waals surface area contributed by atoms with E-state index in [-0.39, 0.29) is 19.1 Å². The minimum atomic E-state index is -4.36. The summed E-state index contributed by atoms with van der Waals surface area (Å²) in [5.41, 5.74) is 0. The van der Waals surface area contributed by atoms with E-state index in [0.717, 1.165) is 70.6 Å². The molecule has 456 valence electrons. The summed E-state index contributed by atoms with van der Waals surface area (Å²) in [6.45, 7) is 4.73. The maximum atomic E-state index is 13.0. The maximum Gasteiger partial charge on any atom is 0.472 e. The number of allylic oxidation sites excluding steroid dienone is 11. The van der Waals surface area contributed by atoms with Crippen molar-refractivity contribution in [2.45, 2.75) is 321 Å². The Labute approximate surface area is 484 Å². The van der Waals surface area contributed by atoms with E-state index in [0.29, 0.717) is 17.4 Å². The Hall–Kier alpha value is -2.06. The first-order valence-electron chi connectivity index (χ1n) is 33.3. The second-order valence-corrected chi connectivity index (χ2v) is 25.3. The lowest BCUT2D eigenvalue weighted by molar-refractivity contribution is -0.870. The van der Waals surface area contributed by atoms with Crippen molar-refractivity contribution in [1.82, 2.24) is 5.32 Å². The average molecular weight is 1110 g/mol. The molecule has 0 spiro atoms. The summed E-state index contributed by atoms with van der Waals surface area (Å²) in [7, 11) is 1.57. The first-order valence-corrected chi connectivity index (χ1v) is 34.8. The predicted octanol–water partition coefficient (Wildman–Crippen LogP) is 21.0. The molecule has 0 aromatic carbocycles. The third-order valence-electron chi connectivity index (χ3n) is 14.9. The fourth-order valence-electron chi connectivity index (χ4n) is 9.78. The van der Waals surface area contributed by atoms with Gasteiger partial charge in [0, 0.05) is 6.42 Å². The molecule has 0 aromatic rings. The predicted molar refractivity (Wildman–Crippen MR) is 341 cm³/mol. The van der Waals surface area contributed by atoms with Gasteiger partial charge in [0.2, 0.25) is 5.91 Å². The standard InChI is InChI=1S/C69H129N2O6P/c1-6-8-10-12-14-16-18-20-22-24-26-28-30-32-34-35-37-38-40-42-44-46-48-50-52-54-56-58-60-62-68(72)67(66-77-78(74,75)76-65-64-71(3,4)5)70-69(73)63-61-59-57-55-53-51-49-47-45-43-41-39-36-33-31-29-27-25-23-21-19-17-15-13-11-9-7-2/h9,11,15,17,21,23,27,29,33,36,60,62,67-68,72H,6-8,10,12-14,16,18-20,22,24-26,28,30-32,34-35,37-59,61,63-66H2,1-5H3,(H-,70,73,74,75)/p+1/b11-9-,17-15-,23-21-,29-27-,36-33-,62-60+. The molecule has 0 aliphatic heterocycles. The van der Waals surface area contributed by atoms with Gasteiger partial charge in [-0.05, 0) is 64.2 Å². The van der Waals surface area contributed by atoms with Crippen LogP contribution in [0.1, 0.15) is 309 Å². The number of aliphatic hydroxyl groups is 1. The number of hydrogen-bond donors (Lipinski definition) is 3. The maximum absolute atomic E-state index is 13.0. The number of unbranched alkanes of at least 4 members (excludes halogenated alkanes) is 38. The van der Waals surface area contributed by atoms with Crippen LogP contribution in [0.3, 0.4) is 0 Å². The quantitative estimate of drug-likeness (QED) is 0.0243. The SMILES string of the molecule is CC/C=C\C/C=C\C/C=C\C/C=C\C/C=C\CCCCCCCCCCCCCC(=O)NC(COP(=O)(O)OCC[N+](C)(C)C)C(O)/C=C/CCCCCCCCCCCCCCCCCCCCCCCCCCCCC. The second-order valence-electron chi connectivity index (χ2n) is 23.8. The molecule has 0 saturated carbocycles. The van der Waals surface area contributed by atoms with E-state index in [1.54, 1.807) is 6.08 Å². The molecule has 0 radical (unpaired) electrons. The highest BCUT2D eigenvalue weighted by atomic mass is 31.2. The lowest BCUT2D eigenvalue weighted by Crippen LogP contribution is -2.45. The number of likely N-dealkylation sites (N-methyl/N-ethyl adjacent to an activating group) is 1. The summed E-state index contributed by atoms with van der Waals surface area (Å²) in [6.07, 6.45) is 83.2. The number of amides is 1. The van der Waals surface area contributed by atoms with Crippen LogP contribution in [0.15, 0.2) is 72.9 Å². The first-order chi connectivity index (χ1) is 38.0. The smallest absolute Gasteiger partial charge is 0.387 e. The Morgan fingerprint density at radius 2 is 0.769 bits per heavy atom. The molecule has 0 fully saturated rings. The van der Waals surface area contributed by atoms with Gasteiger partial charge < -0.3 is 19.8 Å². The minimum absolute atomic E-state index is 0.0589. The first kappa shape index (κ1) is 75.9. The number of nitrogens with zero attached hydrogens (tertiary/aromatic N) is 1. The summed E-state index contributed by atoms with van der Waals surface area (Å²) in [5.74, 6) is -0.179. The highest BCUT2D eigenvalue weighted by molar-refractivity contribution is 7.47. The van der Waals surface area contributed by atoms with Gasteiger partial charge in [-0.3, -0.25) is 13.8 Å². The number of nitrogens with one attached hydrogen (secondary N) is 1. The van der Waals surface area contributed by atoms with Gasteiger partial charge in [-0.2, -0.15) is 0 Å². The number of carbonyl (C=O) groups is 1. The largest absolute Gasteiger partial charge is 0.472 e. The van der Waals surface area contributed by atoms with Crippen LogP contribution >= 0.6 is 7.82 Å². The van der Waals surface area contributed by atoms with E-state index in [1.165, 1.54) is 218 Å². The summed E-state index contributed by atoms with van der Waals surface area (Å²) >= 11 is 0. The Bertz CT molecular complexity index is 1500. The molecule has 3 N–H and O–H groups in total. The van der Waals surface area contributed by atoms with Crippen molar-refractivity contribution in [1.29, 1.82) is 0 Å². The summed E-state index contributed by atoms with van der Waals surface area (Å²) in [4.78, 5) is 23.4. The fraction of sp³-hybridized carbons (Fsp3) is 0.812. The monoisotopic (exact) mass is 1110 g/mol. The molecule has 0 bridgehead atoms. The molecule has 0 aliphatic carbocycles. The third-order valence-corrected chi connectivity index (χ3v) is 15.9. The summed E-state index contributed by atoms with van der Waals surface area (Å²) in [5, 5.41) is 14.0. The van der Waals surface area contributed by atoms with E-state index >= 15 is 0 Å². The molecular weight excluding hydrogens is 984 g/mol. The van der Waals surface area contributed by atoms with Gasteiger partial charge in [0.1, 0.15) is 13.2 Å². The normalized spacial score (nSPS) is 14.2. The summed E-state index contributed by atoms with van der Waals surface area (Å²) < 4.78 is 23.8. The Morgan fingerprint density at radius 1 is 0.449 bits per heavy atom. The lowest BCUT2D eigenvalue weighted by atomic mass is 10.0. The van der Waals surface area contributed by atoms with Crippen molar-refractivity contribution in [2.75, 3.05) is 40.9 Å². The second kappa shape index (κ2) is 59.6. The van der Waals surface area contributed by atoms with Crippen LogP contribution in [-0.4, -0.2) is 73.4 Å². The summed E-state index contributed by atoms with van der Waals surface area (Å²) in [6, 6.07) is -0.854. The molecule has 0 saturated heterocycles. The molecule has 0 aromatic heterocycles. The van der Waals surface area contributed by atoms with Crippen molar-refractivity contribution in [3.63, 3.8) is 0 Å². The number of phosphoric ester groups is 1. The molecule has 78 heavy (non-hydrogen) atoms. The van der Waals surface area contributed by atoms with Crippen molar-refractivity contribution >= 4 is 13.7 Å². The van der Waals surface area contributed by atoms with Crippen LogP contribution in [0.25, 0.3) is 0 Å². The van der Waals surface area contributed by atoms with Crippen LogP contribution in [0.2, 0.25) is 0 Å². The molecular formula is C69H130N2O6P+. The Morgan fingerprint density at radius 3 is 1.13 bits per heavy atom. The molecule has 1 amide bonds. The molecule has 8 nitrogen and oxygen atoms in total. The third kappa shape index (κ3) is 61.6. The van der Waals surface area contributed by atoms with Gasteiger partial charge in [0.15, 0.2) is 0 Å². The van der Waals surface area contributed by atoms with Crippen molar-refractivity contribution in [3.8, 4) is 0 Å². The average Bonchev–Trinajstić information content (AvgIpc) is 3.41. The zero-order valence-corrected chi connectivity index (χ0v) is 53.0. The number of phosphoric acid groups is 1. The van der Waals surface area contributed by atoms with Gasteiger partial charge in [0.25, 0.3) is 0 Å². The molecule has 0 heterocycles. The van der Waals surface area contributed by atoms with Crippen LogP contribution in [0.5, 0.6) is 0 Å². The number of aliphatic hydroxyl groups excluding tert-OH is 1. The van der Waals surface area contributed by atoms with Gasteiger partial charge >= 0.3 is 7.82 Å². The topological polar surface area (TPSA) is 105 Å². The zero-order valence-electron chi connectivity index (χ0n) is 52.2. The van der Waals surface area contributed by atoms with Crippen LogP contribution in [-0.2, 0) is 18.4 Å². The van der Waals surface area contributed by atoms with E-state index in [2.05, 4.69) is 79.9 Å².